The van der Waals surface area contributed by atoms with Crippen molar-refractivity contribution in [2.75, 3.05) is 7.11 Å². The molecule has 0 atom stereocenters. The fourth-order valence-corrected chi connectivity index (χ4v) is 3.28. The van der Waals surface area contributed by atoms with Gasteiger partial charge in [0.05, 0.1) is 12.8 Å². The molecule has 0 spiro atoms. The van der Waals surface area contributed by atoms with Gasteiger partial charge in [-0.25, -0.2) is 14.2 Å². The summed E-state index contributed by atoms with van der Waals surface area (Å²) < 4.78 is 24.1. The van der Waals surface area contributed by atoms with Crippen LogP contribution in [0.4, 0.5) is 4.39 Å². The zero-order chi connectivity index (χ0) is 18.7. The number of hydrogen-bond acceptors (Lipinski definition) is 5. The maximum absolute atomic E-state index is 13.0. The molecule has 2 aromatic carbocycles. The van der Waals surface area contributed by atoms with Gasteiger partial charge in [0.25, 0.3) is 0 Å². The third-order valence-corrected chi connectivity index (χ3v) is 4.90. The van der Waals surface area contributed by atoms with Crippen LogP contribution >= 0.6 is 11.3 Å². The van der Waals surface area contributed by atoms with Gasteiger partial charge in [-0.3, -0.25) is 0 Å². The first-order valence-electron chi connectivity index (χ1n) is 7.74. The predicted molar refractivity (Wildman–Crippen MR) is 96.5 cm³/mol. The van der Waals surface area contributed by atoms with Crippen LogP contribution in [0, 0.1) is 12.7 Å². The smallest absolute Gasteiger partial charge is 0.347 e. The Morgan fingerprint density at radius 1 is 1.19 bits per heavy atom. The van der Waals surface area contributed by atoms with Crippen molar-refractivity contribution >= 4 is 17.3 Å². The Kier molecular flexibility index (Phi) is 5.18. The van der Waals surface area contributed by atoms with Crippen molar-refractivity contribution in [3.8, 4) is 22.1 Å². The van der Waals surface area contributed by atoms with Crippen molar-refractivity contribution in [2.24, 2.45) is 0 Å². The van der Waals surface area contributed by atoms with E-state index in [2.05, 4.69) is 4.98 Å². The number of carboxylic acids is 1. The Morgan fingerprint density at radius 3 is 2.54 bits per heavy atom. The molecule has 5 nitrogen and oxygen atoms in total. The number of halogens is 1. The molecule has 3 rings (SSSR count). The Hall–Kier alpha value is -2.93. The number of nitrogens with zero attached hydrogens (tertiary/aromatic N) is 1. The summed E-state index contributed by atoms with van der Waals surface area (Å²) in [5.74, 6) is -0.241. The summed E-state index contributed by atoms with van der Waals surface area (Å²) in [7, 11) is 1.53. The number of aryl methyl sites for hydroxylation is 1. The van der Waals surface area contributed by atoms with E-state index in [9.17, 15) is 9.18 Å². The lowest BCUT2D eigenvalue weighted by atomic mass is 10.2. The van der Waals surface area contributed by atoms with Crippen LogP contribution in [0.5, 0.6) is 11.5 Å². The maximum atomic E-state index is 13.0. The van der Waals surface area contributed by atoms with Gasteiger partial charge in [0.1, 0.15) is 22.3 Å². The van der Waals surface area contributed by atoms with E-state index >= 15 is 0 Å². The number of carbonyl (C=O) groups is 1. The van der Waals surface area contributed by atoms with Gasteiger partial charge >= 0.3 is 5.97 Å². The number of ether oxygens (including phenoxy) is 2. The molecule has 1 heterocycles. The summed E-state index contributed by atoms with van der Waals surface area (Å²) in [4.78, 5) is 15.7. The largest absolute Gasteiger partial charge is 0.493 e. The van der Waals surface area contributed by atoms with E-state index in [1.54, 1.807) is 37.3 Å². The molecule has 0 aliphatic rings. The molecule has 1 aromatic heterocycles. The lowest BCUT2D eigenvalue weighted by Gasteiger charge is -2.11. The number of aromatic nitrogens is 1. The molecule has 0 bridgehead atoms. The minimum Gasteiger partial charge on any atom is -0.493 e. The van der Waals surface area contributed by atoms with E-state index in [-0.39, 0.29) is 17.3 Å². The summed E-state index contributed by atoms with van der Waals surface area (Å²) >= 11 is 1.11. The molecular weight excluding hydrogens is 357 g/mol. The zero-order valence-electron chi connectivity index (χ0n) is 14.2. The molecule has 7 heteroatoms. The van der Waals surface area contributed by atoms with E-state index in [1.165, 1.54) is 19.2 Å². The van der Waals surface area contributed by atoms with Crippen LogP contribution in [0.25, 0.3) is 10.6 Å². The quantitative estimate of drug-likeness (QED) is 0.687. The van der Waals surface area contributed by atoms with Gasteiger partial charge in [0, 0.05) is 5.56 Å². The number of aromatic carboxylic acids is 1. The standard InChI is InChI=1S/C19H16FNO4S/c1-11-17(19(22)23)26-18(21-11)13-5-8-15(16(9-13)24-2)25-10-12-3-6-14(20)7-4-12/h3-9H,10H2,1-2H3,(H,22,23). The van der Waals surface area contributed by atoms with Gasteiger partial charge in [-0.2, -0.15) is 0 Å². The zero-order valence-corrected chi connectivity index (χ0v) is 15.0. The summed E-state index contributed by atoms with van der Waals surface area (Å²) in [5, 5.41) is 9.77. The molecule has 0 radical (unpaired) electrons. The first-order valence-corrected chi connectivity index (χ1v) is 8.56. The van der Waals surface area contributed by atoms with Crippen LogP contribution < -0.4 is 9.47 Å². The lowest BCUT2D eigenvalue weighted by Crippen LogP contribution is -1.98. The van der Waals surface area contributed by atoms with Crippen molar-refractivity contribution in [2.45, 2.75) is 13.5 Å². The topological polar surface area (TPSA) is 68.7 Å². The van der Waals surface area contributed by atoms with Crippen LogP contribution in [-0.4, -0.2) is 23.2 Å². The third kappa shape index (κ3) is 3.83. The van der Waals surface area contributed by atoms with Crippen LogP contribution in [0.1, 0.15) is 20.9 Å². The van der Waals surface area contributed by atoms with Gasteiger partial charge in [0.2, 0.25) is 0 Å². The van der Waals surface area contributed by atoms with Crippen LogP contribution in [0.3, 0.4) is 0 Å². The molecule has 1 N–H and O–H groups in total. The molecule has 0 unspecified atom stereocenters. The first kappa shape index (κ1) is 17.9. The van der Waals surface area contributed by atoms with Crippen molar-refractivity contribution < 1.29 is 23.8 Å². The summed E-state index contributed by atoms with van der Waals surface area (Å²) in [6.07, 6.45) is 0. The second kappa shape index (κ2) is 7.53. The average Bonchev–Trinajstić information content (AvgIpc) is 3.03. The number of hydrogen-bond donors (Lipinski definition) is 1. The molecule has 0 aliphatic carbocycles. The fraction of sp³-hybridized carbons (Fsp3) is 0.158. The van der Waals surface area contributed by atoms with E-state index in [1.807, 2.05) is 0 Å². The van der Waals surface area contributed by atoms with Gasteiger partial charge in [-0.15, -0.1) is 11.3 Å². The minimum atomic E-state index is -0.988. The maximum Gasteiger partial charge on any atom is 0.347 e. The molecule has 0 aliphatic heterocycles. The first-order chi connectivity index (χ1) is 12.5. The van der Waals surface area contributed by atoms with Crippen molar-refractivity contribution in [3.63, 3.8) is 0 Å². The van der Waals surface area contributed by atoms with E-state index in [4.69, 9.17) is 14.6 Å². The Balaban J connectivity index is 1.82. The third-order valence-electron chi connectivity index (χ3n) is 3.71. The van der Waals surface area contributed by atoms with Crippen LogP contribution in [-0.2, 0) is 6.61 Å². The Morgan fingerprint density at radius 2 is 1.92 bits per heavy atom. The molecule has 0 saturated heterocycles. The molecule has 0 saturated carbocycles. The molecule has 0 amide bonds. The Labute approximate surface area is 153 Å². The monoisotopic (exact) mass is 373 g/mol. The van der Waals surface area contributed by atoms with Crippen molar-refractivity contribution in [1.82, 2.24) is 4.98 Å². The molecule has 26 heavy (non-hydrogen) atoms. The summed E-state index contributed by atoms with van der Waals surface area (Å²) in [6, 6.07) is 11.4. The highest BCUT2D eigenvalue weighted by molar-refractivity contribution is 7.17. The summed E-state index contributed by atoms with van der Waals surface area (Å²) in [5.41, 5.74) is 2.06. The van der Waals surface area contributed by atoms with E-state index < -0.39 is 5.97 Å². The SMILES string of the molecule is COc1cc(-c2nc(C)c(C(=O)O)s2)ccc1OCc1ccc(F)cc1. The predicted octanol–water partition coefficient (Wildman–Crippen LogP) is 4.54. The number of carboxylic acid groups (broad SMARTS) is 1. The summed E-state index contributed by atoms with van der Waals surface area (Å²) in [6.45, 7) is 1.94. The van der Waals surface area contributed by atoms with Gasteiger partial charge in [-0.05, 0) is 42.8 Å². The highest BCUT2D eigenvalue weighted by atomic mass is 32.1. The fourth-order valence-electron chi connectivity index (χ4n) is 2.38. The normalized spacial score (nSPS) is 10.6. The van der Waals surface area contributed by atoms with Gasteiger partial charge in [0.15, 0.2) is 11.5 Å². The minimum absolute atomic E-state index is 0.218. The van der Waals surface area contributed by atoms with Crippen LogP contribution in [0.2, 0.25) is 0 Å². The molecular formula is C19H16FNO4S. The lowest BCUT2D eigenvalue weighted by molar-refractivity contribution is 0.0701. The van der Waals surface area contributed by atoms with Gasteiger partial charge < -0.3 is 14.6 Å². The second-order valence-electron chi connectivity index (χ2n) is 5.52. The van der Waals surface area contributed by atoms with Crippen molar-refractivity contribution in [1.29, 1.82) is 0 Å². The van der Waals surface area contributed by atoms with Crippen LogP contribution in [0.15, 0.2) is 42.5 Å². The van der Waals surface area contributed by atoms with Gasteiger partial charge in [-0.1, -0.05) is 12.1 Å². The number of thiazole rings is 1. The molecule has 0 fully saturated rings. The second-order valence-corrected chi connectivity index (χ2v) is 6.52. The van der Waals surface area contributed by atoms with Crippen molar-refractivity contribution in [3.05, 3.63) is 64.4 Å². The number of rotatable bonds is 6. The Bertz CT molecular complexity index is 937. The molecule has 3 aromatic rings. The number of methoxy groups -OCH3 is 1. The number of benzene rings is 2. The highest BCUT2D eigenvalue weighted by Gasteiger charge is 2.16. The highest BCUT2D eigenvalue weighted by Crippen LogP contribution is 2.35. The van der Waals surface area contributed by atoms with E-state index in [0.717, 1.165) is 22.5 Å². The molecule has 134 valence electrons. The van der Waals surface area contributed by atoms with E-state index in [0.29, 0.717) is 22.2 Å². The average molecular weight is 373 g/mol.